The van der Waals surface area contributed by atoms with Gasteiger partial charge in [-0.1, -0.05) is 24.3 Å². The molecule has 5 heteroatoms. The van der Waals surface area contributed by atoms with Crippen LogP contribution in [0.5, 0.6) is 5.88 Å². The topological polar surface area (TPSA) is 59.3 Å². The van der Waals surface area contributed by atoms with Crippen LogP contribution >= 0.6 is 0 Å². The average Bonchev–Trinajstić information content (AvgIpc) is 2.92. The predicted molar refractivity (Wildman–Crippen MR) is 80.2 cm³/mol. The van der Waals surface area contributed by atoms with E-state index in [1.54, 1.807) is 11.8 Å². The summed E-state index contributed by atoms with van der Waals surface area (Å²) in [5, 5.41) is 18.1. The Labute approximate surface area is 124 Å². The van der Waals surface area contributed by atoms with Crippen molar-refractivity contribution in [1.29, 1.82) is 0 Å². The Kier molecular flexibility index (Phi) is 3.69. The molecule has 5 nitrogen and oxygen atoms in total. The first-order chi connectivity index (χ1) is 10.1. The van der Waals surface area contributed by atoms with Crippen LogP contribution in [0, 0.1) is 6.92 Å². The van der Waals surface area contributed by atoms with Crippen molar-refractivity contribution in [2.45, 2.75) is 32.0 Å². The number of hydrogen-bond acceptors (Lipinski definition) is 4. The van der Waals surface area contributed by atoms with E-state index in [1.165, 1.54) is 11.1 Å². The van der Waals surface area contributed by atoms with Crippen molar-refractivity contribution < 1.29 is 9.84 Å². The van der Waals surface area contributed by atoms with E-state index in [1.807, 2.05) is 26.1 Å². The van der Waals surface area contributed by atoms with E-state index in [0.717, 1.165) is 17.1 Å². The van der Waals surface area contributed by atoms with Crippen LogP contribution in [0.1, 0.15) is 28.4 Å². The van der Waals surface area contributed by atoms with Crippen molar-refractivity contribution in [2.75, 3.05) is 7.11 Å². The normalized spacial score (nSPS) is 20.6. The average molecular weight is 287 g/mol. The van der Waals surface area contributed by atoms with E-state index in [-0.39, 0.29) is 12.1 Å². The first-order valence-electron chi connectivity index (χ1n) is 7.17. The lowest BCUT2D eigenvalue weighted by Gasteiger charge is -2.18. The lowest BCUT2D eigenvalue weighted by atomic mass is 10.1. The molecule has 0 bridgehead atoms. The zero-order chi connectivity index (χ0) is 15.0. The molecule has 1 aliphatic carbocycles. The van der Waals surface area contributed by atoms with Gasteiger partial charge in [-0.3, -0.25) is 0 Å². The number of methoxy groups -OCH3 is 1. The Bertz CT molecular complexity index is 651. The Morgan fingerprint density at radius 1 is 1.43 bits per heavy atom. The molecule has 0 unspecified atom stereocenters. The molecule has 21 heavy (non-hydrogen) atoms. The van der Waals surface area contributed by atoms with Crippen LogP contribution in [-0.4, -0.2) is 28.1 Å². The van der Waals surface area contributed by atoms with E-state index in [4.69, 9.17) is 4.74 Å². The van der Waals surface area contributed by atoms with E-state index < -0.39 is 0 Å². The molecule has 2 N–H and O–H groups in total. The van der Waals surface area contributed by atoms with Crippen molar-refractivity contribution in [3.8, 4) is 5.88 Å². The van der Waals surface area contributed by atoms with Gasteiger partial charge in [0.25, 0.3) is 0 Å². The highest BCUT2D eigenvalue weighted by molar-refractivity contribution is 5.37. The number of nitrogens with one attached hydrogen (secondary N) is 1. The SMILES string of the molecule is COc1c(CN[C@H]2c3ccccc3C[C@H]2O)c(C)nn1C. The third kappa shape index (κ3) is 2.43. The highest BCUT2D eigenvalue weighted by Gasteiger charge is 2.30. The molecule has 0 radical (unpaired) electrons. The Hall–Kier alpha value is -1.85. The molecule has 3 rings (SSSR count). The summed E-state index contributed by atoms with van der Waals surface area (Å²) in [4.78, 5) is 0. The number of ether oxygens (including phenoxy) is 1. The summed E-state index contributed by atoms with van der Waals surface area (Å²) in [5.74, 6) is 0.765. The standard InChI is InChI=1S/C16H21N3O2/c1-10-13(16(21-3)19(2)18-10)9-17-15-12-7-5-4-6-11(12)8-14(15)20/h4-7,14-15,17,20H,8-9H2,1-3H3/t14-,15+/m1/s1. The zero-order valence-corrected chi connectivity index (χ0v) is 12.6. The molecule has 0 aliphatic heterocycles. The van der Waals surface area contributed by atoms with Gasteiger partial charge < -0.3 is 15.2 Å². The van der Waals surface area contributed by atoms with Gasteiger partial charge in [0.2, 0.25) is 5.88 Å². The van der Waals surface area contributed by atoms with Gasteiger partial charge in [-0.15, -0.1) is 0 Å². The number of aliphatic hydroxyl groups is 1. The molecular formula is C16H21N3O2. The Balaban J connectivity index is 1.80. The molecule has 0 amide bonds. The lowest BCUT2D eigenvalue weighted by molar-refractivity contribution is 0.140. The van der Waals surface area contributed by atoms with Crippen molar-refractivity contribution >= 4 is 0 Å². The summed E-state index contributed by atoms with van der Waals surface area (Å²) in [6.07, 6.45) is 0.321. The van der Waals surface area contributed by atoms with Crippen LogP contribution in [0.4, 0.5) is 0 Å². The number of aryl methyl sites for hydroxylation is 2. The molecule has 0 saturated carbocycles. The van der Waals surface area contributed by atoms with Crippen molar-refractivity contribution in [2.24, 2.45) is 7.05 Å². The highest BCUT2D eigenvalue weighted by Crippen LogP contribution is 2.32. The van der Waals surface area contributed by atoms with Gasteiger partial charge in [-0.05, 0) is 18.1 Å². The third-order valence-electron chi connectivity index (χ3n) is 4.18. The number of aromatic nitrogens is 2. The summed E-state index contributed by atoms with van der Waals surface area (Å²) >= 11 is 0. The summed E-state index contributed by atoms with van der Waals surface area (Å²) in [5.41, 5.74) is 4.39. The fourth-order valence-corrected chi connectivity index (χ4v) is 3.17. The van der Waals surface area contributed by atoms with Gasteiger partial charge in [-0.25, -0.2) is 4.68 Å². The van der Waals surface area contributed by atoms with Crippen molar-refractivity contribution in [1.82, 2.24) is 15.1 Å². The van der Waals surface area contributed by atoms with Crippen LogP contribution in [0.15, 0.2) is 24.3 Å². The summed E-state index contributed by atoms with van der Waals surface area (Å²) < 4.78 is 7.15. The molecule has 1 aromatic heterocycles. The fraction of sp³-hybridized carbons (Fsp3) is 0.438. The summed E-state index contributed by atoms with van der Waals surface area (Å²) in [7, 11) is 3.52. The first kappa shape index (κ1) is 14.1. The molecule has 0 spiro atoms. The van der Waals surface area contributed by atoms with Crippen molar-refractivity contribution in [3.05, 3.63) is 46.6 Å². The van der Waals surface area contributed by atoms with Crippen LogP contribution < -0.4 is 10.1 Å². The van der Waals surface area contributed by atoms with Crippen LogP contribution in [-0.2, 0) is 20.0 Å². The fourth-order valence-electron chi connectivity index (χ4n) is 3.17. The predicted octanol–water partition coefficient (Wildman–Crippen LogP) is 1.49. The number of nitrogens with zero attached hydrogens (tertiary/aromatic N) is 2. The summed E-state index contributed by atoms with van der Waals surface area (Å²) in [6.45, 7) is 2.59. The van der Waals surface area contributed by atoms with Gasteiger partial charge in [0.15, 0.2) is 0 Å². The molecule has 0 saturated heterocycles. The minimum absolute atomic E-state index is 0.0366. The molecule has 112 valence electrons. The Morgan fingerprint density at radius 3 is 2.95 bits per heavy atom. The Morgan fingerprint density at radius 2 is 2.19 bits per heavy atom. The van der Waals surface area contributed by atoms with E-state index in [9.17, 15) is 5.11 Å². The largest absolute Gasteiger partial charge is 0.481 e. The van der Waals surface area contributed by atoms with E-state index in [0.29, 0.717) is 13.0 Å². The maximum atomic E-state index is 10.3. The van der Waals surface area contributed by atoms with Gasteiger partial charge in [0, 0.05) is 20.0 Å². The number of fused-ring (bicyclic) bond motifs is 1. The lowest BCUT2D eigenvalue weighted by Crippen LogP contribution is -2.28. The van der Waals surface area contributed by atoms with Gasteiger partial charge in [0.1, 0.15) is 0 Å². The second-order valence-electron chi connectivity index (χ2n) is 5.53. The monoisotopic (exact) mass is 287 g/mol. The first-order valence-corrected chi connectivity index (χ1v) is 7.17. The van der Waals surface area contributed by atoms with Crippen LogP contribution in [0.2, 0.25) is 0 Å². The number of benzene rings is 1. The maximum Gasteiger partial charge on any atom is 0.216 e. The number of hydrogen-bond donors (Lipinski definition) is 2. The number of rotatable bonds is 4. The third-order valence-corrected chi connectivity index (χ3v) is 4.18. The van der Waals surface area contributed by atoms with Gasteiger partial charge >= 0.3 is 0 Å². The molecular weight excluding hydrogens is 266 g/mol. The minimum Gasteiger partial charge on any atom is -0.481 e. The molecule has 1 aromatic carbocycles. The second kappa shape index (κ2) is 5.50. The minimum atomic E-state index is -0.384. The number of aliphatic hydroxyl groups excluding tert-OH is 1. The van der Waals surface area contributed by atoms with Gasteiger partial charge in [-0.2, -0.15) is 5.10 Å². The quantitative estimate of drug-likeness (QED) is 0.894. The highest BCUT2D eigenvalue weighted by atomic mass is 16.5. The van der Waals surface area contributed by atoms with Gasteiger partial charge in [0.05, 0.1) is 30.5 Å². The van der Waals surface area contributed by atoms with Crippen LogP contribution in [0.25, 0.3) is 0 Å². The molecule has 2 atom stereocenters. The maximum absolute atomic E-state index is 10.3. The van der Waals surface area contributed by atoms with E-state index >= 15 is 0 Å². The van der Waals surface area contributed by atoms with E-state index in [2.05, 4.69) is 22.5 Å². The molecule has 2 aromatic rings. The zero-order valence-electron chi connectivity index (χ0n) is 12.6. The molecule has 1 aliphatic rings. The van der Waals surface area contributed by atoms with Crippen LogP contribution in [0.3, 0.4) is 0 Å². The second-order valence-corrected chi connectivity index (χ2v) is 5.53. The summed E-state index contributed by atoms with van der Waals surface area (Å²) in [6, 6.07) is 8.15. The molecule has 1 heterocycles. The van der Waals surface area contributed by atoms with Crippen molar-refractivity contribution in [3.63, 3.8) is 0 Å². The molecule has 0 fully saturated rings. The smallest absolute Gasteiger partial charge is 0.216 e.